The zero-order valence-corrected chi connectivity index (χ0v) is 19.1. The van der Waals surface area contributed by atoms with Crippen molar-refractivity contribution < 1.29 is 19.4 Å². The van der Waals surface area contributed by atoms with Crippen LogP contribution in [0.5, 0.6) is 0 Å². The van der Waals surface area contributed by atoms with Crippen LogP contribution in [-0.4, -0.2) is 27.1 Å². The molecule has 0 heterocycles. The molecule has 4 nitrogen and oxygen atoms in total. The highest BCUT2D eigenvalue weighted by atomic mass is 127. The predicted molar refractivity (Wildman–Crippen MR) is 116 cm³/mol. The molecule has 0 aromatic rings. The fourth-order valence-electron chi connectivity index (χ4n) is 3.89. The van der Waals surface area contributed by atoms with E-state index in [1.807, 2.05) is 45.2 Å². The van der Waals surface area contributed by atoms with Crippen LogP contribution in [0.4, 0.5) is 0 Å². The first kappa shape index (κ1) is 21.6. The minimum Gasteiger partial charge on any atom is -0.458 e. The van der Waals surface area contributed by atoms with E-state index in [4.69, 9.17) is 9.47 Å². The summed E-state index contributed by atoms with van der Waals surface area (Å²) in [5.74, 6) is 1.17. The summed E-state index contributed by atoms with van der Waals surface area (Å²) < 4.78 is 10.5. The topological polar surface area (TPSA) is 55.8 Å². The maximum atomic E-state index is 11.6. The molecule has 0 saturated heterocycles. The molecule has 1 N–H and O–H groups in total. The highest BCUT2D eigenvalue weighted by Crippen LogP contribution is 2.41. The second-order valence-electron chi connectivity index (χ2n) is 7.34. The Morgan fingerprint density at radius 2 is 1.44 bits per heavy atom. The number of halogens is 2. The van der Waals surface area contributed by atoms with E-state index >= 15 is 0 Å². The van der Waals surface area contributed by atoms with Gasteiger partial charge in [0, 0.05) is 0 Å². The molecule has 2 saturated carbocycles. The fourth-order valence-corrected chi connectivity index (χ4v) is 4.38. The third-order valence-electron chi connectivity index (χ3n) is 5.45. The van der Waals surface area contributed by atoms with Crippen LogP contribution >= 0.6 is 45.2 Å². The maximum Gasteiger partial charge on any atom is 0.344 e. The third kappa shape index (κ3) is 6.46. The lowest BCUT2D eigenvalue weighted by Crippen LogP contribution is -2.35. The Morgan fingerprint density at radius 1 is 1.00 bits per heavy atom. The van der Waals surface area contributed by atoms with Crippen LogP contribution in [-0.2, 0) is 14.3 Å². The fraction of sp³-hybridized carbons (Fsp3) is 0.737. The van der Waals surface area contributed by atoms with E-state index in [1.54, 1.807) is 6.92 Å². The Bertz CT molecular complexity index is 502. The maximum absolute atomic E-state index is 11.6. The lowest BCUT2D eigenvalue weighted by Gasteiger charge is -2.38. The lowest BCUT2D eigenvalue weighted by atomic mass is 9.72. The van der Waals surface area contributed by atoms with E-state index in [0.29, 0.717) is 9.15 Å². The molecule has 6 heteroatoms. The van der Waals surface area contributed by atoms with E-state index < -0.39 is 3.79 Å². The van der Waals surface area contributed by atoms with E-state index in [1.165, 1.54) is 0 Å². The van der Waals surface area contributed by atoms with Gasteiger partial charge in [0.1, 0.15) is 6.10 Å². The number of rotatable bonds is 6. The van der Waals surface area contributed by atoms with Crippen LogP contribution in [0.2, 0.25) is 0 Å². The molecule has 2 fully saturated rings. The first-order valence-electron chi connectivity index (χ1n) is 8.99. The second-order valence-corrected chi connectivity index (χ2v) is 10.1. The summed E-state index contributed by atoms with van der Waals surface area (Å²) in [6.45, 7) is 9.21. The molecular formula is C19H28I2O4. The van der Waals surface area contributed by atoms with Gasteiger partial charge in [-0.1, -0.05) is 13.2 Å². The van der Waals surface area contributed by atoms with Gasteiger partial charge in [-0.05, 0) is 121 Å². The van der Waals surface area contributed by atoms with Gasteiger partial charge in [-0.3, -0.25) is 0 Å². The molecule has 0 aliphatic heterocycles. The van der Waals surface area contributed by atoms with Crippen molar-refractivity contribution in [1.29, 1.82) is 0 Å². The zero-order chi connectivity index (χ0) is 18.6. The van der Waals surface area contributed by atoms with Gasteiger partial charge in [0.25, 0.3) is 0 Å². The number of hydrogen-bond acceptors (Lipinski definition) is 4. The summed E-state index contributed by atoms with van der Waals surface area (Å²) in [5, 5.41) is 10.2. The van der Waals surface area contributed by atoms with Crippen molar-refractivity contribution in [2.24, 2.45) is 11.8 Å². The summed E-state index contributed by atoms with van der Waals surface area (Å²) in [6.07, 6.45) is 8.62. The van der Waals surface area contributed by atoms with Crippen molar-refractivity contribution in [2.45, 2.75) is 74.3 Å². The average molecular weight is 574 g/mol. The number of carbonyl (C=O) groups is 1. The van der Waals surface area contributed by atoms with Crippen LogP contribution < -0.4 is 0 Å². The lowest BCUT2D eigenvalue weighted by molar-refractivity contribution is -0.146. The largest absolute Gasteiger partial charge is 0.458 e. The van der Waals surface area contributed by atoms with Gasteiger partial charge in [0.15, 0.2) is 0 Å². The average Bonchev–Trinajstić information content (AvgIpc) is 2.55. The Labute approximate surface area is 178 Å². The van der Waals surface area contributed by atoms with Crippen LogP contribution in [0.15, 0.2) is 22.3 Å². The number of alkyl halides is 1. The normalized spacial score (nSPS) is 32.5. The number of hydrogen-bond donors (Lipinski definition) is 1. The Morgan fingerprint density at radius 3 is 1.84 bits per heavy atom. The van der Waals surface area contributed by atoms with Gasteiger partial charge in [-0.25, -0.2) is 4.79 Å². The molecule has 1 atom stereocenters. The first-order valence-corrected chi connectivity index (χ1v) is 11.1. The Hall–Kier alpha value is 0.330. The molecule has 142 valence electrons. The molecule has 0 amide bonds. The van der Waals surface area contributed by atoms with Crippen molar-refractivity contribution in [2.75, 3.05) is 0 Å². The highest BCUT2D eigenvalue weighted by Gasteiger charge is 2.35. The molecule has 1 unspecified atom stereocenters. The van der Waals surface area contributed by atoms with Crippen molar-refractivity contribution in [3.05, 3.63) is 22.3 Å². The minimum absolute atomic E-state index is 0.0551. The molecule has 0 aromatic heterocycles. The molecule has 2 aliphatic rings. The quantitative estimate of drug-likeness (QED) is 0.117. The van der Waals surface area contributed by atoms with E-state index in [9.17, 15) is 9.90 Å². The van der Waals surface area contributed by atoms with Gasteiger partial charge in [0.2, 0.25) is 3.79 Å². The number of esters is 1. The van der Waals surface area contributed by atoms with Crippen LogP contribution in [0.3, 0.4) is 0 Å². The molecule has 0 radical (unpaired) electrons. The molecule has 2 aliphatic carbocycles. The molecule has 0 spiro atoms. The predicted octanol–water partition coefficient (Wildman–Crippen LogP) is 5.27. The van der Waals surface area contributed by atoms with E-state index in [2.05, 4.69) is 13.2 Å². The number of ether oxygens (including phenoxy) is 2. The summed E-state index contributed by atoms with van der Waals surface area (Å²) in [7, 11) is 0. The van der Waals surface area contributed by atoms with Gasteiger partial charge >= 0.3 is 5.97 Å². The zero-order valence-electron chi connectivity index (χ0n) is 14.8. The van der Waals surface area contributed by atoms with Gasteiger partial charge in [-0.15, -0.1) is 0 Å². The monoisotopic (exact) mass is 574 g/mol. The van der Waals surface area contributed by atoms with Gasteiger partial charge in [-0.2, -0.15) is 0 Å². The molecular weight excluding hydrogens is 546 g/mol. The third-order valence-corrected chi connectivity index (χ3v) is 7.06. The summed E-state index contributed by atoms with van der Waals surface area (Å²) in [5.41, 5.74) is 0.636. The van der Waals surface area contributed by atoms with Crippen molar-refractivity contribution in [3.63, 3.8) is 0 Å². The van der Waals surface area contributed by atoms with Gasteiger partial charge in [0.05, 0.1) is 9.68 Å². The van der Waals surface area contributed by atoms with Crippen LogP contribution in [0.1, 0.15) is 58.3 Å². The molecule has 0 aromatic carbocycles. The van der Waals surface area contributed by atoms with E-state index in [0.717, 1.165) is 63.2 Å². The SMILES string of the molecule is C=C(I)C(=O)OC1CCC(C2CCC(OC(O)(I)C(=C)C)CC2)CC1. The standard InChI is InChI=1S/C19H28I2O4/c1-12(2)19(21,23)25-17-10-6-15(7-11-17)14-4-8-16(9-5-14)24-18(22)13(3)20/h14-17,23H,1,3-11H2,2H3. The highest BCUT2D eigenvalue weighted by molar-refractivity contribution is 14.1. The smallest absolute Gasteiger partial charge is 0.344 e. The number of carbonyl (C=O) groups excluding carboxylic acids is 1. The molecule has 2 rings (SSSR count). The Kier molecular flexibility index (Phi) is 8.22. The van der Waals surface area contributed by atoms with E-state index in [-0.39, 0.29) is 18.2 Å². The molecule has 25 heavy (non-hydrogen) atoms. The van der Waals surface area contributed by atoms with Crippen molar-refractivity contribution in [3.8, 4) is 0 Å². The molecule has 0 bridgehead atoms. The first-order chi connectivity index (χ1) is 11.7. The number of aliphatic hydroxyl groups is 1. The summed E-state index contributed by atoms with van der Waals surface area (Å²) >= 11 is 3.83. The Balaban J connectivity index is 1.73. The van der Waals surface area contributed by atoms with Gasteiger partial charge < -0.3 is 14.6 Å². The second kappa shape index (κ2) is 9.50. The van der Waals surface area contributed by atoms with Crippen LogP contribution in [0.25, 0.3) is 0 Å². The summed E-state index contributed by atoms with van der Waals surface area (Å²) in [6, 6.07) is 0. The van der Waals surface area contributed by atoms with Crippen molar-refractivity contribution in [1.82, 2.24) is 0 Å². The minimum atomic E-state index is -1.25. The summed E-state index contributed by atoms with van der Waals surface area (Å²) in [4.78, 5) is 11.6. The van der Waals surface area contributed by atoms with Crippen LogP contribution in [0, 0.1) is 11.8 Å². The van der Waals surface area contributed by atoms with Crippen molar-refractivity contribution >= 4 is 51.2 Å².